The van der Waals surface area contributed by atoms with Crippen LogP contribution in [0.3, 0.4) is 0 Å². The number of nitrogens with zero attached hydrogens (tertiary/aromatic N) is 2. The summed E-state index contributed by atoms with van der Waals surface area (Å²) in [5, 5.41) is 12.8. The Bertz CT molecular complexity index is 1400. The van der Waals surface area contributed by atoms with Crippen LogP contribution in [0.5, 0.6) is 5.75 Å². The molecule has 12 nitrogen and oxygen atoms in total. The van der Waals surface area contributed by atoms with Gasteiger partial charge in [0.2, 0.25) is 0 Å². The first kappa shape index (κ1) is 28.6. The van der Waals surface area contributed by atoms with E-state index in [4.69, 9.17) is 25.8 Å². The van der Waals surface area contributed by atoms with Gasteiger partial charge >= 0.3 is 11.9 Å². The molecule has 2 aromatic rings. The Morgan fingerprint density at radius 2 is 1.80 bits per heavy atom. The molecule has 2 amide bonds. The number of hydrogen-bond donors (Lipinski definition) is 1. The minimum atomic E-state index is -0.990. The number of fused-ring (bicyclic) bond motifs is 1. The summed E-state index contributed by atoms with van der Waals surface area (Å²) in [6.07, 6.45) is 0. The lowest BCUT2D eigenvalue weighted by atomic mass is 10.0. The maximum atomic E-state index is 13.3. The number of rotatable bonds is 10. The third kappa shape index (κ3) is 6.43. The van der Waals surface area contributed by atoms with Crippen molar-refractivity contribution in [3.05, 3.63) is 92.0 Å². The number of β-lactam (4-membered cyclic amide) rings is 1. The average Bonchev–Trinajstić information content (AvgIpc) is 2.96. The van der Waals surface area contributed by atoms with Crippen molar-refractivity contribution < 1.29 is 38.3 Å². The van der Waals surface area contributed by atoms with Crippen LogP contribution in [0.1, 0.15) is 12.5 Å². The van der Waals surface area contributed by atoms with Crippen LogP contribution in [0.25, 0.3) is 0 Å². The number of carbonyl (C=O) groups excluding carboxylic acids is 4. The molecule has 0 radical (unpaired) electrons. The fourth-order valence-corrected chi connectivity index (χ4v) is 5.39. The number of para-hydroxylation sites is 1. The predicted octanol–water partition coefficient (Wildman–Crippen LogP) is 3.01. The first-order valence-corrected chi connectivity index (χ1v) is 13.1. The zero-order valence-corrected chi connectivity index (χ0v) is 22.5. The second-order valence-electron chi connectivity index (χ2n) is 8.44. The number of esters is 2. The van der Waals surface area contributed by atoms with Gasteiger partial charge in [-0.3, -0.25) is 29.4 Å². The van der Waals surface area contributed by atoms with Crippen molar-refractivity contribution >= 4 is 52.8 Å². The molecule has 0 aromatic heterocycles. The maximum Gasteiger partial charge on any atom is 0.355 e. The topological polar surface area (TPSA) is 154 Å². The van der Waals surface area contributed by atoms with Crippen molar-refractivity contribution in [2.75, 3.05) is 13.2 Å². The summed E-state index contributed by atoms with van der Waals surface area (Å²) in [6, 6.07) is 13.1. The Hall–Kier alpha value is -4.36. The highest BCUT2D eigenvalue weighted by atomic mass is 35.5. The first-order valence-electron chi connectivity index (χ1n) is 11.7. The summed E-state index contributed by atoms with van der Waals surface area (Å²) < 4.78 is 15.9. The van der Waals surface area contributed by atoms with E-state index in [1.54, 1.807) is 30.3 Å². The fraction of sp³-hybridized carbons (Fsp3) is 0.231. The standard InChI is InChI=1S/C26H22ClN3O9S/c1-15(31)37-13-19-20(11-27)40-25-22(28-21(32)14-38-18-5-3-2-4-6-18)24(33)29(25)23(19)26(34)39-12-16-7-9-17(10-8-16)30(35)36/h2-11,22,25H,12-14H2,1H3,(H,28,32)/t22?,25-/m1/s1. The molecule has 4 rings (SSSR count). The lowest BCUT2D eigenvalue weighted by Crippen LogP contribution is -2.70. The number of amides is 2. The molecule has 0 aliphatic carbocycles. The normalized spacial score (nSPS) is 18.9. The molecule has 0 bridgehead atoms. The Kier molecular flexibility index (Phi) is 9.07. The molecule has 2 aromatic carbocycles. The smallest absolute Gasteiger partial charge is 0.355 e. The predicted molar refractivity (Wildman–Crippen MR) is 143 cm³/mol. The summed E-state index contributed by atoms with van der Waals surface area (Å²) in [6.45, 7) is 0.244. The largest absolute Gasteiger partial charge is 0.484 e. The molecule has 40 heavy (non-hydrogen) atoms. The molecule has 1 saturated heterocycles. The van der Waals surface area contributed by atoms with E-state index < -0.39 is 40.1 Å². The lowest BCUT2D eigenvalue weighted by molar-refractivity contribution is -0.384. The van der Waals surface area contributed by atoms with E-state index in [9.17, 15) is 29.3 Å². The quantitative estimate of drug-likeness (QED) is 0.190. The zero-order chi connectivity index (χ0) is 28.8. The van der Waals surface area contributed by atoms with Crippen LogP contribution < -0.4 is 10.1 Å². The molecule has 2 aliphatic heterocycles. The van der Waals surface area contributed by atoms with Crippen LogP contribution >= 0.6 is 23.4 Å². The molecular weight excluding hydrogens is 566 g/mol. The summed E-state index contributed by atoms with van der Waals surface area (Å²) in [4.78, 5) is 62.3. The van der Waals surface area contributed by atoms with Crippen molar-refractivity contribution in [2.45, 2.75) is 24.9 Å². The molecule has 0 spiro atoms. The Labute approximate surface area is 237 Å². The number of benzene rings is 2. The zero-order valence-electron chi connectivity index (χ0n) is 20.9. The molecule has 208 valence electrons. The average molecular weight is 588 g/mol. The van der Waals surface area contributed by atoms with E-state index in [-0.39, 0.29) is 36.8 Å². The van der Waals surface area contributed by atoms with Crippen molar-refractivity contribution in [3.8, 4) is 5.75 Å². The highest BCUT2D eigenvalue weighted by Crippen LogP contribution is 2.47. The summed E-state index contributed by atoms with van der Waals surface area (Å²) >= 11 is 7.15. The molecule has 2 heterocycles. The van der Waals surface area contributed by atoms with Gasteiger partial charge in [0, 0.05) is 35.1 Å². The van der Waals surface area contributed by atoms with Crippen LogP contribution in [0.4, 0.5) is 5.69 Å². The van der Waals surface area contributed by atoms with Crippen molar-refractivity contribution in [1.29, 1.82) is 0 Å². The van der Waals surface area contributed by atoms with Gasteiger partial charge in [0.05, 0.1) is 4.92 Å². The molecule has 1 unspecified atom stereocenters. The van der Waals surface area contributed by atoms with Gasteiger partial charge in [-0.2, -0.15) is 0 Å². The minimum absolute atomic E-state index is 0.126. The van der Waals surface area contributed by atoms with Crippen molar-refractivity contribution in [1.82, 2.24) is 10.2 Å². The van der Waals surface area contributed by atoms with Crippen LogP contribution in [-0.2, 0) is 35.3 Å². The highest BCUT2D eigenvalue weighted by Gasteiger charge is 2.55. The van der Waals surface area contributed by atoms with Gasteiger partial charge in [0.15, 0.2) is 6.61 Å². The Morgan fingerprint density at radius 3 is 2.42 bits per heavy atom. The number of hydrogen-bond acceptors (Lipinski definition) is 10. The van der Waals surface area contributed by atoms with Gasteiger partial charge in [0.25, 0.3) is 17.5 Å². The van der Waals surface area contributed by atoms with E-state index in [2.05, 4.69) is 5.32 Å². The third-order valence-electron chi connectivity index (χ3n) is 5.77. The van der Waals surface area contributed by atoms with E-state index in [0.29, 0.717) is 16.2 Å². The highest BCUT2D eigenvalue weighted by molar-refractivity contribution is 8.04. The number of ether oxygens (including phenoxy) is 3. The lowest BCUT2D eigenvalue weighted by Gasteiger charge is -2.50. The van der Waals surface area contributed by atoms with E-state index in [1.165, 1.54) is 36.7 Å². The van der Waals surface area contributed by atoms with E-state index in [1.807, 2.05) is 0 Å². The van der Waals surface area contributed by atoms with Gasteiger partial charge in [0.1, 0.15) is 36.1 Å². The minimum Gasteiger partial charge on any atom is -0.484 e. The number of thioether (sulfide) groups is 1. The summed E-state index contributed by atoms with van der Waals surface area (Å²) in [7, 11) is 0. The number of carbonyl (C=O) groups is 4. The van der Waals surface area contributed by atoms with Gasteiger partial charge in [-0.25, -0.2) is 4.79 Å². The molecule has 2 atom stereocenters. The number of nitro benzene ring substituents is 1. The molecule has 1 fully saturated rings. The van der Waals surface area contributed by atoms with Crippen molar-refractivity contribution in [3.63, 3.8) is 0 Å². The molecule has 0 saturated carbocycles. The van der Waals surface area contributed by atoms with Gasteiger partial charge in [-0.05, 0) is 29.8 Å². The fourth-order valence-electron chi connectivity index (χ4n) is 3.86. The number of non-ortho nitro benzene ring substituents is 1. The van der Waals surface area contributed by atoms with Crippen LogP contribution in [0.15, 0.2) is 76.3 Å². The molecule has 1 N–H and O–H groups in total. The Morgan fingerprint density at radius 1 is 1.10 bits per heavy atom. The van der Waals surface area contributed by atoms with E-state index >= 15 is 0 Å². The third-order valence-corrected chi connectivity index (χ3v) is 7.46. The van der Waals surface area contributed by atoms with Gasteiger partial charge in [-0.1, -0.05) is 41.6 Å². The van der Waals surface area contributed by atoms with Crippen LogP contribution in [0.2, 0.25) is 0 Å². The molecular formula is C26H22ClN3O9S. The van der Waals surface area contributed by atoms with Gasteiger partial charge < -0.3 is 19.5 Å². The molecule has 2 aliphatic rings. The number of nitro groups is 1. The maximum absolute atomic E-state index is 13.3. The van der Waals surface area contributed by atoms with Crippen LogP contribution in [-0.4, -0.2) is 58.2 Å². The van der Waals surface area contributed by atoms with Crippen LogP contribution in [0, 0.1) is 10.1 Å². The van der Waals surface area contributed by atoms with E-state index in [0.717, 1.165) is 16.7 Å². The summed E-state index contributed by atoms with van der Waals surface area (Å²) in [5.74, 6) is -2.18. The number of halogens is 1. The number of nitrogens with one attached hydrogen (secondary N) is 1. The second-order valence-corrected chi connectivity index (χ2v) is 9.82. The monoisotopic (exact) mass is 587 g/mol. The Balaban J connectivity index is 1.51. The van der Waals surface area contributed by atoms with Gasteiger partial charge in [-0.15, -0.1) is 0 Å². The van der Waals surface area contributed by atoms with Crippen molar-refractivity contribution in [2.24, 2.45) is 0 Å². The first-order chi connectivity index (χ1) is 19.2. The summed E-state index contributed by atoms with van der Waals surface area (Å²) in [5.41, 5.74) is 1.50. The second kappa shape index (κ2) is 12.7. The molecule has 14 heteroatoms. The SMILES string of the molecule is CC(=O)OCC1=C(C(=O)OCc2ccc([N+](=O)[O-])cc2)N2C(=O)C(NC(=O)COc3ccccc3)[C@H]2SC1=CCl.